The van der Waals surface area contributed by atoms with E-state index in [1.165, 1.54) is 0 Å². The fraction of sp³-hybridized carbons (Fsp3) is 0.143. The van der Waals surface area contributed by atoms with Gasteiger partial charge in [0.25, 0.3) is 0 Å². The average Bonchev–Trinajstić information content (AvgIpc) is 2.48. The van der Waals surface area contributed by atoms with Crippen LogP contribution in [-0.2, 0) is 0 Å². The predicted molar refractivity (Wildman–Crippen MR) is 79.0 cm³/mol. The maximum absolute atomic E-state index is 9.28. The van der Waals surface area contributed by atoms with Crippen molar-refractivity contribution in [1.29, 1.82) is 5.26 Å². The van der Waals surface area contributed by atoms with Crippen LogP contribution in [0.4, 0.5) is 17.2 Å². The van der Waals surface area contributed by atoms with Gasteiger partial charge in [-0.25, -0.2) is 4.98 Å². The molecule has 0 spiro atoms. The number of nitrogens with two attached hydrogens (primary N) is 1. The SMILES string of the molecule is CNc1cc(Oc2ccc(N)c(NC)c2C#N)ccn1. The van der Waals surface area contributed by atoms with Crippen LogP contribution in [-0.4, -0.2) is 19.1 Å². The highest BCUT2D eigenvalue weighted by Crippen LogP contribution is 2.34. The number of ether oxygens (including phenoxy) is 1. The number of aromatic nitrogens is 1. The Morgan fingerprint density at radius 3 is 2.70 bits per heavy atom. The van der Waals surface area contributed by atoms with Crippen LogP contribution in [0, 0.1) is 11.3 Å². The Morgan fingerprint density at radius 1 is 1.25 bits per heavy atom. The van der Waals surface area contributed by atoms with Crippen molar-refractivity contribution >= 4 is 17.2 Å². The quantitative estimate of drug-likeness (QED) is 0.738. The molecule has 2 aromatic rings. The van der Waals surface area contributed by atoms with Gasteiger partial charge in [-0.2, -0.15) is 5.26 Å². The molecule has 1 aromatic heterocycles. The van der Waals surface area contributed by atoms with Crippen molar-refractivity contribution in [2.24, 2.45) is 0 Å². The number of nitrogen functional groups attached to an aromatic ring is 1. The molecule has 102 valence electrons. The number of rotatable bonds is 4. The van der Waals surface area contributed by atoms with Gasteiger partial charge in [0.15, 0.2) is 0 Å². The highest BCUT2D eigenvalue weighted by Gasteiger charge is 2.12. The van der Waals surface area contributed by atoms with Crippen molar-refractivity contribution in [3.05, 3.63) is 36.0 Å². The molecule has 20 heavy (non-hydrogen) atoms. The van der Waals surface area contributed by atoms with Crippen molar-refractivity contribution in [3.8, 4) is 17.6 Å². The summed E-state index contributed by atoms with van der Waals surface area (Å²) in [5, 5.41) is 15.1. The molecule has 6 heteroatoms. The Bertz CT molecular complexity index is 663. The molecule has 0 aliphatic heterocycles. The van der Waals surface area contributed by atoms with Gasteiger partial charge in [-0.05, 0) is 18.2 Å². The topological polar surface area (TPSA) is 96.0 Å². The second-order valence-corrected chi connectivity index (χ2v) is 3.99. The van der Waals surface area contributed by atoms with Gasteiger partial charge in [0.05, 0.1) is 11.4 Å². The third kappa shape index (κ3) is 2.57. The first-order chi connectivity index (χ1) is 9.69. The first-order valence-corrected chi connectivity index (χ1v) is 6.01. The van der Waals surface area contributed by atoms with Gasteiger partial charge in [0.1, 0.15) is 28.9 Å². The summed E-state index contributed by atoms with van der Waals surface area (Å²) in [7, 11) is 3.48. The molecule has 0 saturated carbocycles. The predicted octanol–water partition coefficient (Wildman–Crippen LogP) is 2.41. The minimum Gasteiger partial charge on any atom is -0.456 e. The molecule has 0 amide bonds. The van der Waals surface area contributed by atoms with Crippen LogP contribution < -0.4 is 21.1 Å². The summed E-state index contributed by atoms with van der Waals surface area (Å²) >= 11 is 0. The van der Waals surface area contributed by atoms with Crippen molar-refractivity contribution in [2.45, 2.75) is 0 Å². The van der Waals surface area contributed by atoms with E-state index in [0.717, 1.165) is 0 Å². The maximum Gasteiger partial charge on any atom is 0.147 e. The molecule has 6 nitrogen and oxygen atoms in total. The second kappa shape index (κ2) is 5.80. The Balaban J connectivity index is 2.41. The van der Waals surface area contributed by atoms with Crippen LogP contribution in [0.3, 0.4) is 0 Å². The number of nitrogens with one attached hydrogen (secondary N) is 2. The van der Waals surface area contributed by atoms with Crippen molar-refractivity contribution < 1.29 is 4.74 Å². The molecule has 0 unspecified atom stereocenters. The number of anilines is 3. The summed E-state index contributed by atoms with van der Waals surface area (Å²) in [5.41, 5.74) is 7.26. The number of pyridine rings is 1. The standard InChI is InChI=1S/C14H15N5O/c1-17-13-7-9(5-6-19-13)20-12-4-3-11(16)14(18-2)10(12)8-15/h3-7,18H,16H2,1-2H3,(H,17,19). The van der Waals surface area contributed by atoms with Gasteiger partial charge in [0, 0.05) is 26.4 Å². The van der Waals surface area contributed by atoms with Gasteiger partial charge in [-0.3, -0.25) is 0 Å². The highest BCUT2D eigenvalue weighted by molar-refractivity contribution is 5.77. The van der Waals surface area contributed by atoms with Crippen LogP contribution in [0.25, 0.3) is 0 Å². The number of hydrogen-bond acceptors (Lipinski definition) is 6. The summed E-state index contributed by atoms with van der Waals surface area (Å²) in [4.78, 5) is 4.10. The minimum absolute atomic E-state index is 0.371. The molecular formula is C14H15N5O. The molecule has 0 atom stereocenters. The van der Waals surface area contributed by atoms with Crippen molar-refractivity contribution in [2.75, 3.05) is 30.5 Å². The lowest BCUT2D eigenvalue weighted by molar-refractivity contribution is 0.481. The van der Waals surface area contributed by atoms with E-state index < -0.39 is 0 Å². The first kappa shape index (κ1) is 13.5. The molecule has 0 radical (unpaired) electrons. The van der Waals surface area contributed by atoms with Gasteiger partial charge in [-0.1, -0.05) is 0 Å². The second-order valence-electron chi connectivity index (χ2n) is 3.99. The molecule has 0 aliphatic carbocycles. The minimum atomic E-state index is 0.371. The summed E-state index contributed by atoms with van der Waals surface area (Å²) in [6.45, 7) is 0. The molecule has 0 aliphatic rings. The van der Waals surface area contributed by atoms with E-state index in [1.807, 2.05) is 0 Å². The van der Waals surface area contributed by atoms with Gasteiger partial charge < -0.3 is 21.1 Å². The van der Waals surface area contributed by atoms with Crippen LogP contribution in [0.2, 0.25) is 0 Å². The molecule has 0 fully saturated rings. The molecule has 0 bridgehead atoms. The van der Waals surface area contributed by atoms with Crippen molar-refractivity contribution in [1.82, 2.24) is 4.98 Å². The smallest absolute Gasteiger partial charge is 0.147 e. The number of hydrogen-bond donors (Lipinski definition) is 3. The lowest BCUT2D eigenvalue weighted by atomic mass is 10.1. The fourth-order valence-corrected chi connectivity index (χ4v) is 1.80. The monoisotopic (exact) mass is 269 g/mol. The van der Waals surface area contributed by atoms with Crippen LogP contribution in [0.5, 0.6) is 11.5 Å². The van der Waals surface area contributed by atoms with E-state index >= 15 is 0 Å². The summed E-state index contributed by atoms with van der Waals surface area (Å²) in [6.07, 6.45) is 1.63. The van der Waals surface area contributed by atoms with Crippen LogP contribution in [0.15, 0.2) is 30.5 Å². The highest BCUT2D eigenvalue weighted by atomic mass is 16.5. The zero-order valence-corrected chi connectivity index (χ0v) is 11.3. The van der Waals surface area contributed by atoms with E-state index in [2.05, 4.69) is 21.7 Å². The number of benzene rings is 1. The van der Waals surface area contributed by atoms with Gasteiger partial charge >= 0.3 is 0 Å². The summed E-state index contributed by atoms with van der Waals surface area (Å²) in [6, 6.07) is 8.94. The van der Waals surface area contributed by atoms with Gasteiger partial charge in [-0.15, -0.1) is 0 Å². The van der Waals surface area contributed by atoms with Crippen molar-refractivity contribution in [3.63, 3.8) is 0 Å². The van der Waals surface area contributed by atoms with E-state index in [1.54, 1.807) is 44.6 Å². The van der Waals surface area contributed by atoms with Crippen LogP contribution >= 0.6 is 0 Å². The Kier molecular flexibility index (Phi) is 3.91. The fourth-order valence-electron chi connectivity index (χ4n) is 1.80. The average molecular weight is 269 g/mol. The number of nitrogens with zero attached hydrogens (tertiary/aromatic N) is 2. The van der Waals surface area contributed by atoms with E-state index in [4.69, 9.17) is 10.5 Å². The third-order valence-electron chi connectivity index (χ3n) is 2.78. The molecule has 4 N–H and O–H groups in total. The van der Waals surface area contributed by atoms with E-state index in [0.29, 0.717) is 34.3 Å². The van der Waals surface area contributed by atoms with E-state index in [9.17, 15) is 5.26 Å². The summed E-state index contributed by atoms with van der Waals surface area (Å²) in [5.74, 6) is 1.72. The lowest BCUT2D eigenvalue weighted by Crippen LogP contribution is -2.01. The number of nitriles is 1. The van der Waals surface area contributed by atoms with E-state index in [-0.39, 0.29) is 0 Å². The molecular weight excluding hydrogens is 254 g/mol. The Labute approximate surface area is 117 Å². The maximum atomic E-state index is 9.28. The molecule has 2 rings (SSSR count). The molecule has 0 saturated heterocycles. The largest absolute Gasteiger partial charge is 0.456 e. The van der Waals surface area contributed by atoms with Gasteiger partial charge in [0.2, 0.25) is 0 Å². The third-order valence-corrected chi connectivity index (χ3v) is 2.78. The zero-order valence-electron chi connectivity index (χ0n) is 11.3. The zero-order chi connectivity index (χ0) is 14.5. The molecule has 1 heterocycles. The van der Waals surface area contributed by atoms with Crippen LogP contribution in [0.1, 0.15) is 5.56 Å². The lowest BCUT2D eigenvalue weighted by Gasteiger charge is -2.13. The Morgan fingerprint density at radius 2 is 2.05 bits per heavy atom. The normalized spacial score (nSPS) is 9.65. The summed E-state index contributed by atoms with van der Waals surface area (Å²) < 4.78 is 5.74. The molecule has 1 aromatic carbocycles. The Hall–Kier alpha value is -2.94. The first-order valence-electron chi connectivity index (χ1n) is 6.01.